The van der Waals surface area contributed by atoms with Crippen LogP contribution in [0.1, 0.15) is 11.1 Å². The van der Waals surface area contributed by atoms with Gasteiger partial charge in [-0.25, -0.2) is 4.79 Å². The summed E-state index contributed by atoms with van der Waals surface area (Å²) < 4.78 is 10.7. The largest absolute Gasteiger partial charge is 0.482 e. The maximum atomic E-state index is 11.9. The molecule has 0 saturated heterocycles. The Morgan fingerprint density at radius 1 is 0.846 bits per heavy atom. The molecule has 4 nitrogen and oxygen atoms in total. The molecule has 0 unspecified atom stereocenters. The number of ether oxygens (including phenoxy) is 2. The number of benzene rings is 3. The Balaban J connectivity index is 1.57. The molecule has 0 bridgehead atoms. The van der Waals surface area contributed by atoms with Crippen LogP contribution in [0.25, 0.3) is 11.1 Å². The highest BCUT2D eigenvalue weighted by Gasteiger charge is 2.07. The first-order valence-electron chi connectivity index (χ1n) is 8.15. The summed E-state index contributed by atoms with van der Waals surface area (Å²) in [4.78, 5) is 11.9. The number of carbonyl (C=O) groups is 1. The predicted molar refractivity (Wildman–Crippen MR) is 98.9 cm³/mol. The van der Waals surface area contributed by atoms with Gasteiger partial charge in [-0.15, -0.1) is 0 Å². The highest BCUT2D eigenvalue weighted by atomic mass is 16.6. The molecule has 4 heteroatoms. The second-order valence-electron chi connectivity index (χ2n) is 5.79. The molecule has 0 atom stereocenters. The topological polar surface area (TPSA) is 59.3 Å². The van der Waals surface area contributed by atoms with Crippen molar-refractivity contribution in [2.45, 2.75) is 6.92 Å². The molecule has 0 fully saturated rings. The molecule has 0 N–H and O–H groups in total. The number of nitriles is 1. The van der Waals surface area contributed by atoms with E-state index in [-0.39, 0.29) is 6.61 Å². The van der Waals surface area contributed by atoms with Crippen molar-refractivity contribution in [2.24, 2.45) is 0 Å². The maximum absolute atomic E-state index is 11.9. The van der Waals surface area contributed by atoms with Gasteiger partial charge in [-0.3, -0.25) is 0 Å². The highest BCUT2D eigenvalue weighted by Crippen LogP contribution is 2.23. The normalized spacial score (nSPS) is 10.0. The average molecular weight is 343 g/mol. The minimum absolute atomic E-state index is 0.152. The van der Waals surface area contributed by atoms with E-state index in [4.69, 9.17) is 14.7 Å². The number of hydrogen-bond acceptors (Lipinski definition) is 4. The van der Waals surface area contributed by atoms with E-state index in [1.54, 1.807) is 24.3 Å². The Bertz CT molecular complexity index is 921. The van der Waals surface area contributed by atoms with Gasteiger partial charge in [0.15, 0.2) is 6.61 Å². The molecule has 0 amide bonds. The van der Waals surface area contributed by atoms with E-state index in [1.165, 1.54) is 0 Å². The van der Waals surface area contributed by atoms with E-state index in [9.17, 15) is 4.79 Å². The van der Waals surface area contributed by atoms with Crippen molar-refractivity contribution >= 4 is 5.97 Å². The molecule has 26 heavy (non-hydrogen) atoms. The molecule has 0 radical (unpaired) electrons. The average Bonchev–Trinajstić information content (AvgIpc) is 2.68. The summed E-state index contributed by atoms with van der Waals surface area (Å²) in [6.45, 7) is 1.83. The third kappa shape index (κ3) is 4.49. The van der Waals surface area contributed by atoms with Crippen molar-refractivity contribution in [2.75, 3.05) is 6.61 Å². The van der Waals surface area contributed by atoms with Crippen LogP contribution in [0, 0.1) is 18.3 Å². The summed E-state index contributed by atoms with van der Waals surface area (Å²) in [7, 11) is 0. The molecule has 0 aliphatic carbocycles. The molecule has 0 aliphatic rings. The quantitative estimate of drug-likeness (QED) is 0.505. The summed E-state index contributed by atoms with van der Waals surface area (Å²) >= 11 is 0. The first-order valence-corrected chi connectivity index (χ1v) is 8.15. The zero-order chi connectivity index (χ0) is 18.4. The number of hydrogen-bond donors (Lipinski definition) is 0. The van der Waals surface area contributed by atoms with Crippen LogP contribution in [0.2, 0.25) is 0 Å². The van der Waals surface area contributed by atoms with Gasteiger partial charge in [-0.1, -0.05) is 42.0 Å². The fourth-order valence-electron chi connectivity index (χ4n) is 2.39. The van der Waals surface area contributed by atoms with Gasteiger partial charge in [-0.05, 0) is 54.4 Å². The van der Waals surface area contributed by atoms with Gasteiger partial charge in [0.25, 0.3) is 0 Å². The number of rotatable bonds is 5. The molecule has 0 saturated carbocycles. The van der Waals surface area contributed by atoms with Crippen LogP contribution >= 0.6 is 0 Å². The summed E-state index contributed by atoms with van der Waals surface area (Å²) in [5.41, 5.74) is 3.71. The third-order valence-electron chi connectivity index (χ3n) is 3.81. The first-order chi connectivity index (χ1) is 12.6. The summed E-state index contributed by atoms with van der Waals surface area (Å²) in [5.74, 6) is 0.625. The smallest absolute Gasteiger partial charge is 0.349 e. The first kappa shape index (κ1) is 17.2. The minimum Gasteiger partial charge on any atom is -0.482 e. The van der Waals surface area contributed by atoms with Gasteiger partial charge >= 0.3 is 5.97 Å². The standard InChI is InChI=1S/C22H17NO3/c1-16-2-10-20(11-3-16)25-15-22(24)26-21-12-8-19(9-13-21)18-6-4-17(14-23)5-7-18/h2-13H,15H2,1H3. The lowest BCUT2D eigenvalue weighted by molar-refractivity contribution is -0.136. The molecule has 3 aromatic rings. The lowest BCUT2D eigenvalue weighted by Gasteiger charge is -2.08. The van der Waals surface area contributed by atoms with E-state index >= 15 is 0 Å². The van der Waals surface area contributed by atoms with Crippen molar-refractivity contribution in [3.63, 3.8) is 0 Å². The Hall–Kier alpha value is -3.58. The van der Waals surface area contributed by atoms with Crippen molar-refractivity contribution in [1.29, 1.82) is 5.26 Å². The fraction of sp³-hybridized carbons (Fsp3) is 0.0909. The molecule has 128 valence electrons. The summed E-state index contributed by atoms with van der Waals surface area (Å²) in [5, 5.41) is 8.84. The SMILES string of the molecule is Cc1ccc(OCC(=O)Oc2ccc(-c3ccc(C#N)cc3)cc2)cc1. The number of carbonyl (C=O) groups excluding carboxylic acids is 1. The Morgan fingerprint density at radius 2 is 1.38 bits per heavy atom. The lowest BCUT2D eigenvalue weighted by Crippen LogP contribution is -2.17. The van der Waals surface area contributed by atoms with Crippen molar-refractivity contribution in [3.05, 3.63) is 83.9 Å². The number of nitrogens with zero attached hydrogens (tertiary/aromatic N) is 1. The van der Waals surface area contributed by atoms with E-state index < -0.39 is 5.97 Å². The number of esters is 1. The lowest BCUT2D eigenvalue weighted by atomic mass is 10.0. The van der Waals surface area contributed by atoms with E-state index in [0.29, 0.717) is 17.1 Å². The summed E-state index contributed by atoms with van der Waals surface area (Å²) in [6, 6.07) is 24.1. The van der Waals surface area contributed by atoms with Crippen LogP contribution in [0.5, 0.6) is 11.5 Å². The van der Waals surface area contributed by atoms with Gasteiger partial charge in [0.2, 0.25) is 0 Å². The van der Waals surface area contributed by atoms with Gasteiger partial charge < -0.3 is 9.47 Å². The molecule has 0 aromatic heterocycles. The van der Waals surface area contributed by atoms with Crippen molar-refractivity contribution < 1.29 is 14.3 Å². The predicted octanol–water partition coefficient (Wildman–Crippen LogP) is 4.52. The molecular formula is C22H17NO3. The zero-order valence-electron chi connectivity index (χ0n) is 14.3. The molecule has 0 aliphatic heterocycles. The molecule has 3 aromatic carbocycles. The van der Waals surface area contributed by atoms with E-state index in [0.717, 1.165) is 16.7 Å². The second kappa shape index (κ2) is 8.00. The van der Waals surface area contributed by atoms with Gasteiger partial charge in [0.05, 0.1) is 11.6 Å². The van der Waals surface area contributed by atoms with Crippen LogP contribution in [-0.4, -0.2) is 12.6 Å². The number of aryl methyl sites for hydroxylation is 1. The molecule has 0 spiro atoms. The van der Waals surface area contributed by atoms with Gasteiger partial charge in [0, 0.05) is 0 Å². The Morgan fingerprint density at radius 3 is 1.96 bits per heavy atom. The highest BCUT2D eigenvalue weighted by molar-refractivity contribution is 5.74. The molecule has 3 rings (SSSR count). The molecule has 0 heterocycles. The monoisotopic (exact) mass is 343 g/mol. The maximum Gasteiger partial charge on any atom is 0.349 e. The third-order valence-corrected chi connectivity index (χ3v) is 3.81. The Labute approximate surface area is 152 Å². The second-order valence-corrected chi connectivity index (χ2v) is 5.79. The van der Waals surface area contributed by atoms with Crippen LogP contribution in [0.4, 0.5) is 0 Å². The van der Waals surface area contributed by atoms with Crippen LogP contribution in [0.15, 0.2) is 72.8 Å². The van der Waals surface area contributed by atoms with Crippen LogP contribution in [0.3, 0.4) is 0 Å². The zero-order valence-corrected chi connectivity index (χ0v) is 14.3. The summed E-state index contributed by atoms with van der Waals surface area (Å²) in [6.07, 6.45) is 0. The van der Waals surface area contributed by atoms with Crippen LogP contribution in [-0.2, 0) is 4.79 Å². The van der Waals surface area contributed by atoms with Crippen molar-refractivity contribution in [1.82, 2.24) is 0 Å². The minimum atomic E-state index is -0.461. The molecular weight excluding hydrogens is 326 g/mol. The Kier molecular flexibility index (Phi) is 5.31. The van der Waals surface area contributed by atoms with E-state index in [1.807, 2.05) is 55.5 Å². The van der Waals surface area contributed by atoms with Crippen LogP contribution < -0.4 is 9.47 Å². The van der Waals surface area contributed by atoms with E-state index in [2.05, 4.69) is 6.07 Å². The fourth-order valence-corrected chi connectivity index (χ4v) is 2.39. The van der Waals surface area contributed by atoms with Gasteiger partial charge in [-0.2, -0.15) is 5.26 Å². The van der Waals surface area contributed by atoms with Gasteiger partial charge in [0.1, 0.15) is 11.5 Å². The van der Waals surface area contributed by atoms with Crippen molar-refractivity contribution in [3.8, 4) is 28.7 Å².